The first-order chi connectivity index (χ1) is 14.4. The van der Waals surface area contributed by atoms with Crippen LogP contribution in [0.3, 0.4) is 0 Å². The zero-order chi connectivity index (χ0) is 21.8. The van der Waals surface area contributed by atoms with Crippen LogP contribution < -0.4 is 19.1 Å². The van der Waals surface area contributed by atoms with Gasteiger partial charge in [-0.3, -0.25) is 9.69 Å². The normalized spacial score (nSPS) is 10.7. The molecule has 0 aliphatic carbocycles. The van der Waals surface area contributed by atoms with Crippen molar-refractivity contribution in [3.63, 3.8) is 0 Å². The summed E-state index contributed by atoms with van der Waals surface area (Å²) in [6.07, 6.45) is 0. The van der Waals surface area contributed by atoms with E-state index in [0.717, 1.165) is 15.8 Å². The molecule has 0 aliphatic heterocycles. The highest BCUT2D eigenvalue weighted by molar-refractivity contribution is 7.22. The number of fused-ring (bicyclic) bond motifs is 1. The number of hydrogen-bond donors (Lipinski definition) is 0. The molecule has 2 aromatic carbocycles. The number of carbonyl (C=O) groups is 1. The molecule has 3 rings (SSSR count). The average molecular weight is 466 g/mol. The van der Waals surface area contributed by atoms with E-state index < -0.39 is 0 Å². The molecule has 0 aliphatic rings. The van der Waals surface area contributed by atoms with Crippen LogP contribution >= 0.6 is 23.7 Å². The van der Waals surface area contributed by atoms with Gasteiger partial charge in [0.05, 0.1) is 26.0 Å². The smallest absolute Gasteiger partial charge is 0.260 e. The molecule has 0 N–H and O–H groups in total. The Kier molecular flexibility index (Phi) is 8.50. The van der Waals surface area contributed by atoms with Crippen LogP contribution in [0.25, 0.3) is 10.2 Å². The van der Waals surface area contributed by atoms with Gasteiger partial charge in [-0.25, -0.2) is 4.98 Å². The lowest BCUT2D eigenvalue weighted by Gasteiger charge is -2.22. The van der Waals surface area contributed by atoms with Gasteiger partial charge < -0.3 is 19.1 Å². The highest BCUT2D eigenvalue weighted by atomic mass is 35.5. The van der Waals surface area contributed by atoms with Crippen molar-refractivity contribution in [2.45, 2.75) is 6.92 Å². The van der Waals surface area contributed by atoms with Crippen LogP contribution in [0.4, 0.5) is 5.13 Å². The monoisotopic (exact) mass is 465 g/mol. The van der Waals surface area contributed by atoms with Crippen molar-refractivity contribution >= 4 is 45.0 Å². The Hall–Kier alpha value is -2.55. The predicted octanol–water partition coefficient (Wildman–Crippen LogP) is 4.26. The first kappa shape index (κ1) is 24.7. The van der Waals surface area contributed by atoms with Crippen LogP contribution in [0.15, 0.2) is 30.3 Å². The van der Waals surface area contributed by atoms with Crippen molar-refractivity contribution in [1.82, 2.24) is 9.88 Å². The summed E-state index contributed by atoms with van der Waals surface area (Å²) in [6, 6.07) is 9.08. The summed E-state index contributed by atoms with van der Waals surface area (Å²) in [6.45, 7) is 3.23. The molecule has 0 bridgehead atoms. The number of nitrogens with zero attached hydrogens (tertiary/aromatic N) is 3. The summed E-state index contributed by atoms with van der Waals surface area (Å²) < 4.78 is 17.2. The first-order valence-corrected chi connectivity index (χ1v) is 10.3. The van der Waals surface area contributed by atoms with Gasteiger partial charge in [-0.1, -0.05) is 17.4 Å². The Bertz CT molecular complexity index is 1050. The van der Waals surface area contributed by atoms with Crippen LogP contribution in [0.5, 0.6) is 17.2 Å². The minimum atomic E-state index is -0.145. The second-order valence-electron chi connectivity index (χ2n) is 7.09. The molecule has 0 saturated carbocycles. The van der Waals surface area contributed by atoms with Crippen LogP contribution in [0, 0.1) is 6.92 Å². The molecule has 31 heavy (non-hydrogen) atoms. The van der Waals surface area contributed by atoms with Gasteiger partial charge in [-0.2, -0.15) is 0 Å². The molecule has 168 valence electrons. The van der Waals surface area contributed by atoms with Crippen LogP contribution in [0.1, 0.15) is 15.9 Å². The molecule has 9 heteroatoms. The standard InChI is InChI=1S/C22H27N3O4S.ClH/c1-14-7-9-17(28-5)19-20(14)30-22(23-19)25(12-11-24(2)3)21(26)15-8-10-16(27-4)18(13-15)29-6;/h7-10,13H,11-12H2,1-6H3;1H. The molecular weight excluding hydrogens is 438 g/mol. The van der Waals surface area contributed by atoms with Crippen LogP contribution in [0.2, 0.25) is 0 Å². The average Bonchev–Trinajstić information content (AvgIpc) is 3.19. The summed E-state index contributed by atoms with van der Waals surface area (Å²) in [5.41, 5.74) is 2.38. The number of hydrogen-bond acceptors (Lipinski definition) is 7. The van der Waals surface area contributed by atoms with E-state index in [-0.39, 0.29) is 18.3 Å². The lowest BCUT2D eigenvalue weighted by Crippen LogP contribution is -2.36. The molecule has 0 radical (unpaired) electrons. The predicted molar refractivity (Wildman–Crippen MR) is 128 cm³/mol. The number of aromatic nitrogens is 1. The lowest BCUT2D eigenvalue weighted by molar-refractivity contribution is 0.0985. The fourth-order valence-corrected chi connectivity index (χ4v) is 4.16. The van der Waals surface area contributed by atoms with E-state index in [2.05, 4.69) is 0 Å². The zero-order valence-corrected chi connectivity index (χ0v) is 20.2. The van der Waals surface area contributed by atoms with Crippen LogP contribution in [-0.4, -0.2) is 64.3 Å². The van der Waals surface area contributed by atoms with Crippen molar-refractivity contribution in [2.75, 3.05) is 53.4 Å². The SMILES string of the molecule is COc1ccc(C(=O)N(CCN(C)C)c2nc3c(OC)ccc(C)c3s2)cc1OC.Cl. The highest BCUT2D eigenvalue weighted by Gasteiger charge is 2.24. The first-order valence-electron chi connectivity index (χ1n) is 9.52. The topological polar surface area (TPSA) is 64.1 Å². The number of thiazole rings is 1. The molecule has 0 atom stereocenters. The summed E-state index contributed by atoms with van der Waals surface area (Å²) in [4.78, 5) is 22.0. The largest absolute Gasteiger partial charge is 0.494 e. The number of halogens is 1. The highest BCUT2D eigenvalue weighted by Crippen LogP contribution is 2.37. The van der Waals surface area contributed by atoms with E-state index in [4.69, 9.17) is 19.2 Å². The fourth-order valence-electron chi connectivity index (χ4n) is 3.09. The zero-order valence-electron chi connectivity index (χ0n) is 18.6. The number of benzene rings is 2. The van der Waals surface area contributed by atoms with E-state index >= 15 is 0 Å². The summed E-state index contributed by atoms with van der Waals surface area (Å²) >= 11 is 1.49. The maximum absolute atomic E-state index is 13.5. The van der Waals surface area contributed by atoms with Crippen molar-refractivity contribution in [1.29, 1.82) is 0 Å². The molecule has 0 fully saturated rings. The van der Waals surface area contributed by atoms with Crippen molar-refractivity contribution in [3.05, 3.63) is 41.5 Å². The van der Waals surface area contributed by atoms with Crippen molar-refractivity contribution in [3.8, 4) is 17.2 Å². The van der Waals surface area contributed by atoms with E-state index in [0.29, 0.717) is 41.0 Å². The third-order valence-electron chi connectivity index (χ3n) is 4.79. The maximum atomic E-state index is 13.5. The maximum Gasteiger partial charge on any atom is 0.260 e. The molecule has 1 aromatic heterocycles. The summed E-state index contributed by atoms with van der Waals surface area (Å²) in [7, 11) is 8.70. The third-order valence-corrected chi connectivity index (χ3v) is 6.00. The van der Waals surface area contributed by atoms with Gasteiger partial charge in [-0.05, 0) is 50.8 Å². The number of aryl methyl sites for hydroxylation is 1. The Balaban J connectivity index is 0.00000341. The Morgan fingerprint density at radius 1 is 0.968 bits per heavy atom. The molecular formula is C22H28ClN3O4S. The number of carbonyl (C=O) groups excluding carboxylic acids is 1. The van der Waals surface area contributed by atoms with Crippen LogP contribution in [-0.2, 0) is 0 Å². The lowest BCUT2D eigenvalue weighted by atomic mass is 10.1. The second kappa shape index (κ2) is 10.7. The number of amides is 1. The van der Waals surface area contributed by atoms with E-state index in [1.807, 2.05) is 38.1 Å². The molecule has 7 nitrogen and oxygen atoms in total. The number of ether oxygens (including phenoxy) is 3. The van der Waals surface area contributed by atoms with Gasteiger partial charge in [0.15, 0.2) is 16.6 Å². The van der Waals surface area contributed by atoms with E-state index in [9.17, 15) is 4.79 Å². The quantitative estimate of drug-likeness (QED) is 0.495. The number of rotatable bonds is 8. The van der Waals surface area contributed by atoms with Gasteiger partial charge in [0.2, 0.25) is 0 Å². The Labute approximate surface area is 192 Å². The second-order valence-corrected chi connectivity index (χ2v) is 8.07. The third kappa shape index (κ3) is 5.20. The van der Waals surface area contributed by atoms with E-state index in [1.165, 1.54) is 11.3 Å². The number of likely N-dealkylation sites (N-methyl/N-ethyl adjacent to an activating group) is 1. The van der Waals surface area contributed by atoms with Gasteiger partial charge >= 0.3 is 0 Å². The Morgan fingerprint density at radius 2 is 1.61 bits per heavy atom. The summed E-state index contributed by atoms with van der Waals surface area (Å²) in [5.74, 6) is 1.64. The minimum Gasteiger partial charge on any atom is -0.494 e. The molecule has 0 unspecified atom stereocenters. The molecule has 0 saturated heterocycles. The minimum absolute atomic E-state index is 0. The number of anilines is 1. The molecule has 1 amide bonds. The molecule has 3 aromatic rings. The number of methoxy groups -OCH3 is 3. The Morgan fingerprint density at radius 3 is 2.23 bits per heavy atom. The van der Waals surface area contributed by atoms with Gasteiger partial charge in [0.25, 0.3) is 5.91 Å². The summed E-state index contributed by atoms with van der Waals surface area (Å²) in [5, 5.41) is 0.638. The van der Waals surface area contributed by atoms with Gasteiger partial charge in [-0.15, -0.1) is 12.4 Å². The van der Waals surface area contributed by atoms with E-state index in [1.54, 1.807) is 44.4 Å². The fraction of sp³-hybridized carbons (Fsp3) is 0.364. The molecule has 0 spiro atoms. The van der Waals surface area contributed by atoms with Crippen molar-refractivity contribution in [2.24, 2.45) is 0 Å². The molecule has 1 heterocycles. The van der Waals surface area contributed by atoms with Gasteiger partial charge in [0, 0.05) is 18.7 Å². The van der Waals surface area contributed by atoms with Crippen molar-refractivity contribution < 1.29 is 19.0 Å². The van der Waals surface area contributed by atoms with Gasteiger partial charge in [0.1, 0.15) is 11.3 Å².